The van der Waals surface area contributed by atoms with Gasteiger partial charge in [-0.1, -0.05) is 59.9 Å². The summed E-state index contributed by atoms with van der Waals surface area (Å²) in [5.74, 6) is -1.00. The van der Waals surface area contributed by atoms with Crippen molar-refractivity contribution in [3.8, 4) is 0 Å². The first-order chi connectivity index (χ1) is 18.9. The standard InChI is InChI=1S/C29H23N3O5S2/c1-37-26(33)18-31-25-15-12-19-6-2-4-8-23(19)27(25)38-29(31)30-28(34)21-10-13-22(14-11-21)39(35,36)32-17-16-20-7-3-5-9-24(20)32/h2-15H,16-18H2,1H3. The Labute approximate surface area is 228 Å². The predicted molar refractivity (Wildman–Crippen MR) is 150 cm³/mol. The molecule has 10 heteroatoms. The number of nitrogens with zero attached hydrogens (tertiary/aromatic N) is 3. The topological polar surface area (TPSA) is 98.0 Å². The van der Waals surface area contributed by atoms with Gasteiger partial charge in [-0.2, -0.15) is 4.99 Å². The Kier molecular flexibility index (Phi) is 6.28. The van der Waals surface area contributed by atoms with Crippen LogP contribution >= 0.6 is 11.3 Å². The van der Waals surface area contributed by atoms with Gasteiger partial charge in [0.25, 0.3) is 15.9 Å². The number of benzene rings is 4. The molecule has 0 N–H and O–H groups in total. The molecule has 2 heterocycles. The van der Waals surface area contributed by atoms with Gasteiger partial charge in [0, 0.05) is 17.5 Å². The third kappa shape index (κ3) is 4.41. The number of amides is 1. The third-order valence-electron chi connectivity index (χ3n) is 6.82. The van der Waals surface area contributed by atoms with Crippen molar-refractivity contribution in [2.45, 2.75) is 17.9 Å². The zero-order valence-electron chi connectivity index (χ0n) is 20.9. The predicted octanol–water partition coefficient (Wildman–Crippen LogP) is 4.52. The number of fused-ring (bicyclic) bond motifs is 4. The highest BCUT2D eigenvalue weighted by molar-refractivity contribution is 7.92. The minimum Gasteiger partial charge on any atom is -0.468 e. The van der Waals surface area contributed by atoms with Crippen molar-refractivity contribution in [3.05, 3.63) is 101 Å². The zero-order chi connectivity index (χ0) is 27.1. The summed E-state index contributed by atoms with van der Waals surface area (Å²) in [5, 5.41) is 2.03. The van der Waals surface area contributed by atoms with Crippen LogP contribution in [0.4, 0.5) is 5.69 Å². The fraction of sp³-hybridized carbons (Fsp3) is 0.138. The lowest BCUT2D eigenvalue weighted by Crippen LogP contribution is -2.29. The maximum Gasteiger partial charge on any atom is 0.325 e. The summed E-state index contributed by atoms with van der Waals surface area (Å²) in [6.45, 7) is 0.272. The molecule has 0 aliphatic carbocycles. The number of carbonyl (C=O) groups excluding carboxylic acids is 2. The lowest BCUT2D eigenvalue weighted by atomic mass is 10.1. The highest BCUT2D eigenvalue weighted by Gasteiger charge is 2.30. The number of thiazole rings is 1. The molecule has 196 valence electrons. The van der Waals surface area contributed by atoms with Crippen LogP contribution in [-0.4, -0.2) is 38.5 Å². The van der Waals surface area contributed by atoms with Gasteiger partial charge in [-0.25, -0.2) is 8.42 Å². The van der Waals surface area contributed by atoms with Crippen LogP contribution in [0.25, 0.3) is 21.0 Å². The van der Waals surface area contributed by atoms with E-state index in [0.717, 1.165) is 26.6 Å². The number of anilines is 1. The second-order valence-electron chi connectivity index (χ2n) is 9.08. The largest absolute Gasteiger partial charge is 0.468 e. The number of aromatic nitrogens is 1. The summed E-state index contributed by atoms with van der Waals surface area (Å²) < 4.78 is 35.5. The molecule has 0 unspecified atom stereocenters. The Morgan fingerprint density at radius 3 is 2.49 bits per heavy atom. The minimum atomic E-state index is -3.78. The normalized spacial score (nSPS) is 13.7. The molecule has 5 aromatic rings. The van der Waals surface area contributed by atoms with E-state index < -0.39 is 21.9 Å². The van der Waals surface area contributed by atoms with Crippen molar-refractivity contribution in [1.29, 1.82) is 0 Å². The molecule has 39 heavy (non-hydrogen) atoms. The Hall–Kier alpha value is -4.28. The SMILES string of the molecule is COC(=O)Cn1c(=NC(=O)c2ccc(S(=O)(=O)N3CCc4ccccc43)cc2)sc2c3ccccc3ccc21. The Balaban J connectivity index is 1.37. The first-order valence-electron chi connectivity index (χ1n) is 12.2. The van der Waals surface area contributed by atoms with Gasteiger partial charge in [-0.3, -0.25) is 13.9 Å². The van der Waals surface area contributed by atoms with Gasteiger partial charge in [0.15, 0.2) is 4.80 Å². The van der Waals surface area contributed by atoms with Crippen molar-refractivity contribution >= 4 is 59.9 Å². The average molecular weight is 558 g/mol. The number of sulfonamides is 1. The molecule has 4 aromatic carbocycles. The molecular formula is C29H23N3O5S2. The first-order valence-corrected chi connectivity index (χ1v) is 14.5. The quantitative estimate of drug-likeness (QED) is 0.296. The second-order valence-corrected chi connectivity index (χ2v) is 11.9. The van der Waals surface area contributed by atoms with Gasteiger partial charge in [0.1, 0.15) is 6.54 Å². The molecule has 0 radical (unpaired) electrons. The molecule has 1 aromatic heterocycles. The summed E-state index contributed by atoms with van der Waals surface area (Å²) in [5.41, 5.74) is 2.67. The molecule has 0 saturated heterocycles. The molecule has 0 spiro atoms. The summed E-state index contributed by atoms with van der Waals surface area (Å²) in [6.07, 6.45) is 0.654. The number of esters is 1. The molecule has 0 fully saturated rings. The Bertz CT molecular complexity index is 1940. The van der Waals surface area contributed by atoms with Crippen molar-refractivity contribution in [2.24, 2.45) is 4.99 Å². The van der Waals surface area contributed by atoms with E-state index in [2.05, 4.69) is 4.99 Å². The average Bonchev–Trinajstić information content (AvgIpc) is 3.55. The number of carbonyl (C=O) groups is 2. The van der Waals surface area contributed by atoms with Gasteiger partial charge in [0.05, 0.1) is 27.9 Å². The zero-order valence-corrected chi connectivity index (χ0v) is 22.5. The Morgan fingerprint density at radius 1 is 0.949 bits per heavy atom. The maximum atomic E-state index is 13.3. The van der Waals surface area contributed by atoms with E-state index in [-0.39, 0.29) is 17.0 Å². The van der Waals surface area contributed by atoms with Crippen molar-refractivity contribution < 1.29 is 22.7 Å². The molecule has 0 bridgehead atoms. The van der Waals surface area contributed by atoms with Crippen LogP contribution in [0.15, 0.2) is 94.8 Å². The molecule has 1 aliphatic heterocycles. The summed E-state index contributed by atoms with van der Waals surface area (Å²) in [6, 6.07) is 25.0. The van der Waals surface area contributed by atoms with E-state index in [1.54, 1.807) is 10.6 Å². The highest BCUT2D eigenvalue weighted by atomic mass is 32.2. The van der Waals surface area contributed by atoms with Crippen LogP contribution in [0.3, 0.4) is 0 Å². The van der Waals surface area contributed by atoms with Crippen LogP contribution in [0.5, 0.6) is 0 Å². The lowest BCUT2D eigenvalue weighted by Gasteiger charge is -2.19. The van der Waals surface area contributed by atoms with Crippen molar-refractivity contribution in [3.63, 3.8) is 0 Å². The van der Waals surface area contributed by atoms with Crippen molar-refractivity contribution in [1.82, 2.24) is 4.57 Å². The van der Waals surface area contributed by atoms with Gasteiger partial charge in [-0.15, -0.1) is 0 Å². The van der Waals surface area contributed by atoms with Crippen LogP contribution < -0.4 is 9.11 Å². The number of methoxy groups -OCH3 is 1. The monoisotopic (exact) mass is 557 g/mol. The fourth-order valence-electron chi connectivity index (χ4n) is 4.84. The smallest absolute Gasteiger partial charge is 0.325 e. The van der Waals surface area contributed by atoms with Crippen LogP contribution in [0.1, 0.15) is 15.9 Å². The van der Waals surface area contributed by atoms with Gasteiger partial charge < -0.3 is 9.30 Å². The second kappa shape index (κ2) is 9.79. The Morgan fingerprint density at radius 2 is 1.69 bits per heavy atom. The van der Waals surface area contributed by atoms with E-state index in [0.29, 0.717) is 23.5 Å². The molecule has 1 amide bonds. The molecule has 1 aliphatic rings. The summed E-state index contributed by atoms with van der Waals surface area (Å²) in [4.78, 5) is 30.2. The van der Waals surface area contributed by atoms with Crippen LogP contribution in [-0.2, 0) is 32.5 Å². The number of rotatable bonds is 5. The summed E-state index contributed by atoms with van der Waals surface area (Å²) >= 11 is 1.31. The highest BCUT2D eigenvalue weighted by Crippen LogP contribution is 2.33. The van der Waals surface area contributed by atoms with E-state index in [9.17, 15) is 18.0 Å². The lowest BCUT2D eigenvalue weighted by molar-refractivity contribution is -0.141. The van der Waals surface area contributed by atoms with E-state index >= 15 is 0 Å². The van der Waals surface area contributed by atoms with E-state index in [1.807, 2.05) is 54.6 Å². The first kappa shape index (κ1) is 25.0. The van der Waals surface area contributed by atoms with Crippen molar-refractivity contribution in [2.75, 3.05) is 18.0 Å². The number of hydrogen-bond acceptors (Lipinski definition) is 6. The molecular weight excluding hydrogens is 534 g/mol. The number of hydrogen-bond donors (Lipinski definition) is 0. The fourth-order valence-corrected chi connectivity index (χ4v) is 7.50. The number of ether oxygens (including phenoxy) is 1. The van der Waals surface area contributed by atoms with Gasteiger partial charge in [0.2, 0.25) is 0 Å². The minimum absolute atomic E-state index is 0.102. The van der Waals surface area contributed by atoms with Crippen LogP contribution in [0.2, 0.25) is 0 Å². The molecule has 0 saturated carbocycles. The molecule has 0 atom stereocenters. The third-order valence-corrected chi connectivity index (χ3v) is 9.77. The molecule has 6 rings (SSSR count). The van der Waals surface area contributed by atoms with Gasteiger partial charge >= 0.3 is 5.97 Å². The van der Waals surface area contributed by atoms with E-state index in [1.165, 1.54) is 47.0 Å². The van der Waals surface area contributed by atoms with E-state index in [4.69, 9.17) is 4.74 Å². The van der Waals surface area contributed by atoms with Crippen LogP contribution in [0, 0.1) is 0 Å². The van der Waals surface area contributed by atoms with Gasteiger partial charge in [-0.05, 0) is 53.8 Å². The number of para-hydroxylation sites is 1. The molecule has 8 nitrogen and oxygen atoms in total. The maximum absolute atomic E-state index is 13.3. The summed E-state index contributed by atoms with van der Waals surface area (Å²) in [7, 11) is -2.47.